The van der Waals surface area contributed by atoms with Crippen molar-refractivity contribution in [3.8, 4) is 11.5 Å². The Bertz CT molecular complexity index is 1250. The fraction of sp³-hybridized carbons (Fsp3) is 0.125. The van der Waals surface area contributed by atoms with Crippen molar-refractivity contribution in [1.82, 2.24) is 4.98 Å². The lowest BCUT2D eigenvalue weighted by Gasteiger charge is -2.14. The topological polar surface area (TPSA) is 64.0 Å². The Balaban J connectivity index is 1.70. The Labute approximate surface area is 188 Å². The summed E-state index contributed by atoms with van der Waals surface area (Å²) in [5.74, 6) is 0.613. The largest absolute Gasteiger partial charge is 0.497 e. The van der Waals surface area contributed by atoms with Crippen LogP contribution in [0.2, 0.25) is 0 Å². The molecule has 0 fully saturated rings. The Morgan fingerprint density at radius 1 is 1.09 bits per heavy atom. The number of nitrogens with zero attached hydrogens (tertiary/aromatic N) is 3. The van der Waals surface area contributed by atoms with E-state index in [4.69, 9.17) is 9.47 Å². The van der Waals surface area contributed by atoms with Crippen molar-refractivity contribution in [1.29, 1.82) is 0 Å². The number of fused-ring (bicyclic) bond motifs is 1. The number of amides is 1. The molecule has 0 N–H and O–H groups in total. The molecule has 4 rings (SSSR count). The van der Waals surface area contributed by atoms with E-state index in [1.807, 2.05) is 43.3 Å². The van der Waals surface area contributed by atoms with Gasteiger partial charge in [-0.3, -0.25) is 4.79 Å². The minimum Gasteiger partial charge on any atom is -0.497 e. The lowest BCUT2D eigenvalue weighted by molar-refractivity contribution is 0.0988. The van der Waals surface area contributed by atoms with E-state index >= 15 is 0 Å². The van der Waals surface area contributed by atoms with Crippen LogP contribution in [0.5, 0.6) is 11.5 Å². The second-order valence-corrected chi connectivity index (χ2v) is 7.71. The molecule has 162 valence electrons. The number of thiazole rings is 1. The molecule has 0 radical (unpaired) electrons. The number of benzene rings is 3. The summed E-state index contributed by atoms with van der Waals surface area (Å²) in [6.45, 7) is 2.50. The van der Waals surface area contributed by atoms with Crippen LogP contribution in [0.4, 0.5) is 9.52 Å². The number of ether oxygens (including phenoxy) is 2. The van der Waals surface area contributed by atoms with E-state index in [9.17, 15) is 9.18 Å². The maximum absolute atomic E-state index is 13.4. The van der Waals surface area contributed by atoms with Crippen molar-refractivity contribution in [3.05, 3.63) is 83.7 Å². The highest BCUT2D eigenvalue weighted by Gasteiger charge is 2.21. The van der Waals surface area contributed by atoms with Gasteiger partial charge in [0.1, 0.15) is 17.3 Å². The first-order chi connectivity index (χ1) is 15.6. The first-order valence-corrected chi connectivity index (χ1v) is 10.7. The molecule has 0 spiro atoms. The molecule has 3 aromatic carbocycles. The molecule has 0 unspecified atom stereocenters. The first-order valence-electron chi connectivity index (χ1n) is 9.89. The van der Waals surface area contributed by atoms with E-state index in [0.29, 0.717) is 23.1 Å². The van der Waals surface area contributed by atoms with Crippen LogP contribution in [0.25, 0.3) is 10.2 Å². The predicted molar refractivity (Wildman–Crippen MR) is 125 cm³/mol. The Hall–Kier alpha value is -3.78. The predicted octanol–water partition coefficient (Wildman–Crippen LogP) is 5.52. The Kier molecular flexibility index (Phi) is 6.42. The van der Waals surface area contributed by atoms with Crippen LogP contribution in [0.1, 0.15) is 22.8 Å². The third kappa shape index (κ3) is 4.76. The van der Waals surface area contributed by atoms with Gasteiger partial charge in [0.25, 0.3) is 5.91 Å². The minimum absolute atomic E-state index is 0.298. The van der Waals surface area contributed by atoms with Gasteiger partial charge in [0.15, 0.2) is 0 Å². The van der Waals surface area contributed by atoms with Crippen LogP contribution in [-0.2, 0) is 0 Å². The number of aromatic nitrogens is 1. The molecule has 1 heterocycles. The second-order valence-electron chi connectivity index (χ2n) is 6.70. The standard InChI is InChI=1S/C24H20FN3O3S/c1-3-31-19-10-4-16(5-11-19)15-26-28(23(29)17-6-8-18(25)9-7-17)24-27-21-13-12-20(30-2)14-22(21)32-24/h4-15H,3H2,1-2H3/b26-15+. The second kappa shape index (κ2) is 9.57. The van der Waals surface area contributed by atoms with Crippen LogP contribution >= 0.6 is 11.3 Å². The van der Waals surface area contributed by atoms with Crippen LogP contribution < -0.4 is 14.5 Å². The lowest BCUT2D eigenvalue weighted by Crippen LogP contribution is -2.25. The fourth-order valence-electron chi connectivity index (χ4n) is 2.95. The fourth-order valence-corrected chi connectivity index (χ4v) is 3.91. The molecule has 1 amide bonds. The van der Waals surface area contributed by atoms with E-state index in [2.05, 4.69) is 10.1 Å². The number of rotatable bonds is 7. The number of carbonyl (C=O) groups is 1. The molecule has 4 aromatic rings. The van der Waals surface area contributed by atoms with E-state index < -0.39 is 11.7 Å². The molecular weight excluding hydrogens is 429 g/mol. The molecule has 1 aromatic heterocycles. The molecule has 0 bridgehead atoms. The first kappa shape index (κ1) is 21.5. The SMILES string of the molecule is CCOc1ccc(/C=N/N(C(=O)c2ccc(F)cc2)c2nc3ccc(OC)cc3s2)cc1. The summed E-state index contributed by atoms with van der Waals surface area (Å²) in [6.07, 6.45) is 1.57. The highest BCUT2D eigenvalue weighted by Crippen LogP contribution is 2.32. The maximum atomic E-state index is 13.4. The van der Waals surface area contributed by atoms with Gasteiger partial charge in [0.05, 0.1) is 30.1 Å². The normalized spacial score (nSPS) is 11.1. The van der Waals surface area contributed by atoms with E-state index in [1.54, 1.807) is 19.4 Å². The van der Waals surface area contributed by atoms with Crippen molar-refractivity contribution < 1.29 is 18.7 Å². The number of carbonyl (C=O) groups excluding carboxylic acids is 1. The number of anilines is 1. The zero-order chi connectivity index (χ0) is 22.5. The average molecular weight is 450 g/mol. The van der Waals surface area contributed by atoms with Crippen LogP contribution in [0, 0.1) is 5.82 Å². The zero-order valence-corrected chi connectivity index (χ0v) is 18.3. The van der Waals surface area contributed by atoms with Gasteiger partial charge in [-0.2, -0.15) is 10.1 Å². The van der Waals surface area contributed by atoms with E-state index in [1.165, 1.54) is 40.6 Å². The minimum atomic E-state index is -0.418. The molecule has 6 nitrogen and oxygen atoms in total. The average Bonchev–Trinajstić information content (AvgIpc) is 3.23. The van der Waals surface area contributed by atoms with Gasteiger partial charge >= 0.3 is 0 Å². The van der Waals surface area contributed by atoms with Gasteiger partial charge < -0.3 is 9.47 Å². The summed E-state index contributed by atoms with van der Waals surface area (Å²) in [4.78, 5) is 17.8. The summed E-state index contributed by atoms with van der Waals surface area (Å²) < 4.78 is 24.9. The summed E-state index contributed by atoms with van der Waals surface area (Å²) in [7, 11) is 1.59. The molecule has 0 atom stereocenters. The van der Waals surface area contributed by atoms with E-state index in [0.717, 1.165) is 21.5 Å². The number of halogens is 1. The van der Waals surface area contributed by atoms with Crippen molar-refractivity contribution in [2.24, 2.45) is 5.10 Å². The molecule has 0 saturated carbocycles. The maximum Gasteiger partial charge on any atom is 0.280 e. The van der Waals surface area contributed by atoms with Gasteiger partial charge in [0, 0.05) is 5.56 Å². The molecule has 32 heavy (non-hydrogen) atoms. The summed E-state index contributed by atoms with van der Waals surface area (Å²) in [5.41, 5.74) is 1.80. The summed E-state index contributed by atoms with van der Waals surface area (Å²) >= 11 is 1.31. The van der Waals surface area contributed by atoms with Crippen LogP contribution in [-0.4, -0.2) is 30.8 Å². The van der Waals surface area contributed by atoms with Gasteiger partial charge in [-0.15, -0.1) is 0 Å². The summed E-state index contributed by atoms with van der Waals surface area (Å²) in [6, 6.07) is 18.2. The number of hydrazone groups is 1. The quantitative estimate of drug-likeness (QED) is 0.275. The van der Waals surface area contributed by atoms with Crippen molar-refractivity contribution >= 4 is 38.8 Å². The molecule has 8 heteroatoms. The van der Waals surface area contributed by atoms with Crippen LogP contribution in [0.3, 0.4) is 0 Å². The van der Waals surface area contributed by atoms with Gasteiger partial charge in [-0.25, -0.2) is 9.37 Å². The highest BCUT2D eigenvalue weighted by molar-refractivity contribution is 7.22. The van der Waals surface area contributed by atoms with Crippen molar-refractivity contribution in [2.45, 2.75) is 6.92 Å². The Morgan fingerprint density at radius 2 is 1.81 bits per heavy atom. The smallest absolute Gasteiger partial charge is 0.280 e. The highest BCUT2D eigenvalue weighted by atomic mass is 32.1. The molecule has 0 saturated heterocycles. The number of hydrogen-bond donors (Lipinski definition) is 0. The molecular formula is C24H20FN3O3S. The third-order valence-electron chi connectivity index (χ3n) is 4.56. The van der Waals surface area contributed by atoms with Crippen LogP contribution in [0.15, 0.2) is 71.8 Å². The monoisotopic (exact) mass is 449 g/mol. The molecule has 0 aliphatic rings. The lowest BCUT2D eigenvalue weighted by atomic mass is 10.2. The third-order valence-corrected chi connectivity index (χ3v) is 5.56. The van der Waals surface area contributed by atoms with Gasteiger partial charge in [-0.1, -0.05) is 11.3 Å². The Morgan fingerprint density at radius 3 is 2.50 bits per heavy atom. The number of hydrogen-bond acceptors (Lipinski definition) is 6. The van der Waals surface area contributed by atoms with Gasteiger partial charge in [0.2, 0.25) is 5.13 Å². The molecule has 0 aliphatic carbocycles. The van der Waals surface area contributed by atoms with Crippen molar-refractivity contribution in [2.75, 3.05) is 18.7 Å². The zero-order valence-electron chi connectivity index (χ0n) is 17.5. The molecule has 0 aliphatic heterocycles. The summed E-state index contributed by atoms with van der Waals surface area (Å²) in [5, 5.41) is 6.03. The van der Waals surface area contributed by atoms with Gasteiger partial charge in [-0.05, 0) is 79.2 Å². The van der Waals surface area contributed by atoms with E-state index in [-0.39, 0.29) is 0 Å². The van der Waals surface area contributed by atoms with Crippen molar-refractivity contribution in [3.63, 3.8) is 0 Å². The number of methoxy groups -OCH3 is 1.